The summed E-state index contributed by atoms with van der Waals surface area (Å²) in [5, 5.41) is 5.88. The number of carbonyl (C=O) groups is 1. The first-order valence-corrected chi connectivity index (χ1v) is 3.20. The molecule has 2 N–H and O–H groups in total. The van der Waals surface area contributed by atoms with Crippen LogP contribution < -0.4 is 10.6 Å². The molecule has 1 fully saturated rings. The van der Waals surface area contributed by atoms with E-state index in [9.17, 15) is 4.79 Å². The Labute approximate surface area is 54.8 Å². The highest BCUT2D eigenvalue weighted by molar-refractivity contribution is 5.79. The molecular weight excluding hydrogens is 116 g/mol. The second-order valence-corrected chi connectivity index (χ2v) is 2.46. The smallest absolute Gasteiger partial charge is 0.221 e. The Morgan fingerprint density at radius 1 is 1.78 bits per heavy atom. The van der Waals surface area contributed by atoms with Crippen molar-refractivity contribution < 1.29 is 4.79 Å². The molecule has 3 heteroatoms. The zero-order valence-corrected chi connectivity index (χ0v) is 5.77. The summed E-state index contributed by atoms with van der Waals surface area (Å²) in [5.74, 6) is 0.154. The van der Waals surface area contributed by atoms with Crippen LogP contribution in [0.25, 0.3) is 0 Å². The van der Waals surface area contributed by atoms with Gasteiger partial charge < -0.3 is 10.6 Å². The Kier molecular flexibility index (Phi) is 1.71. The van der Waals surface area contributed by atoms with Gasteiger partial charge in [0.1, 0.15) is 0 Å². The molecule has 2 atom stereocenters. The van der Waals surface area contributed by atoms with E-state index in [-0.39, 0.29) is 5.91 Å². The van der Waals surface area contributed by atoms with E-state index in [4.69, 9.17) is 0 Å². The number of hydrogen-bond donors (Lipinski definition) is 2. The first-order chi connectivity index (χ1) is 4.24. The van der Waals surface area contributed by atoms with Gasteiger partial charge in [0.15, 0.2) is 0 Å². The molecule has 52 valence electrons. The Hall–Kier alpha value is -0.570. The van der Waals surface area contributed by atoms with E-state index in [0.717, 1.165) is 0 Å². The Morgan fingerprint density at radius 2 is 2.44 bits per heavy atom. The minimum atomic E-state index is 0.154. The largest absolute Gasteiger partial charge is 0.352 e. The molecule has 1 rings (SSSR count). The van der Waals surface area contributed by atoms with Gasteiger partial charge in [0, 0.05) is 18.5 Å². The summed E-state index contributed by atoms with van der Waals surface area (Å²) >= 11 is 0. The van der Waals surface area contributed by atoms with Gasteiger partial charge in [-0.25, -0.2) is 0 Å². The topological polar surface area (TPSA) is 41.1 Å². The van der Waals surface area contributed by atoms with Crippen LogP contribution in [0.3, 0.4) is 0 Å². The Balaban J connectivity index is 2.47. The summed E-state index contributed by atoms with van der Waals surface area (Å²) in [6.45, 7) is 2.01. The molecule has 0 aromatic carbocycles. The standard InChI is InChI=1S/C6H12N2O/c1-4-5(7-2)3-6(9)8-4/h4-5,7H,3H2,1-2H3,(H,8,9). The average molecular weight is 128 g/mol. The first-order valence-electron chi connectivity index (χ1n) is 3.20. The van der Waals surface area contributed by atoms with Gasteiger partial charge in [-0.05, 0) is 14.0 Å². The molecule has 1 heterocycles. The lowest BCUT2D eigenvalue weighted by Gasteiger charge is -2.11. The van der Waals surface area contributed by atoms with Crippen LogP contribution in [0, 0.1) is 0 Å². The zero-order valence-electron chi connectivity index (χ0n) is 5.77. The van der Waals surface area contributed by atoms with Crippen molar-refractivity contribution in [3.63, 3.8) is 0 Å². The second-order valence-electron chi connectivity index (χ2n) is 2.46. The van der Waals surface area contributed by atoms with Crippen LogP contribution in [0.1, 0.15) is 13.3 Å². The molecule has 0 bridgehead atoms. The van der Waals surface area contributed by atoms with Crippen molar-refractivity contribution in [2.75, 3.05) is 7.05 Å². The molecular formula is C6H12N2O. The van der Waals surface area contributed by atoms with Crippen molar-refractivity contribution in [3.05, 3.63) is 0 Å². The van der Waals surface area contributed by atoms with E-state index in [1.54, 1.807) is 0 Å². The SMILES string of the molecule is CNC1CC(=O)NC1C. The van der Waals surface area contributed by atoms with Crippen molar-refractivity contribution >= 4 is 5.91 Å². The van der Waals surface area contributed by atoms with Crippen LogP contribution >= 0.6 is 0 Å². The number of likely N-dealkylation sites (N-methyl/N-ethyl adjacent to an activating group) is 1. The third-order valence-corrected chi connectivity index (χ3v) is 1.77. The number of carbonyl (C=O) groups excluding carboxylic acids is 1. The quantitative estimate of drug-likeness (QED) is 0.499. The van der Waals surface area contributed by atoms with Crippen molar-refractivity contribution in [1.82, 2.24) is 10.6 Å². The fraction of sp³-hybridized carbons (Fsp3) is 0.833. The third-order valence-electron chi connectivity index (χ3n) is 1.77. The maximum Gasteiger partial charge on any atom is 0.221 e. The van der Waals surface area contributed by atoms with Gasteiger partial charge >= 0.3 is 0 Å². The fourth-order valence-corrected chi connectivity index (χ4v) is 1.14. The minimum Gasteiger partial charge on any atom is -0.352 e. The molecule has 0 spiro atoms. The van der Waals surface area contributed by atoms with Crippen LogP contribution in [0.2, 0.25) is 0 Å². The number of rotatable bonds is 1. The maximum absolute atomic E-state index is 10.7. The predicted molar refractivity (Wildman–Crippen MR) is 35.1 cm³/mol. The summed E-state index contributed by atoms with van der Waals surface area (Å²) in [6.07, 6.45) is 0.623. The van der Waals surface area contributed by atoms with Crippen LogP contribution in [-0.2, 0) is 4.79 Å². The molecule has 0 saturated carbocycles. The molecule has 1 aliphatic rings. The van der Waals surface area contributed by atoms with Crippen molar-refractivity contribution in [3.8, 4) is 0 Å². The van der Waals surface area contributed by atoms with Crippen molar-refractivity contribution in [2.45, 2.75) is 25.4 Å². The predicted octanol–water partition coefficient (Wildman–Crippen LogP) is -0.517. The summed E-state index contributed by atoms with van der Waals surface area (Å²) in [7, 11) is 1.88. The van der Waals surface area contributed by atoms with E-state index in [1.807, 2.05) is 14.0 Å². The van der Waals surface area contributed by atoms with E-state index in [1.165, 1.54) is 0 Å². The van der Waals surface area contributed by atoms with E-state index in [0.29, 0.717) is 18.5 Å². The van der Waals surface area contributed by atoms with Gasteiger partial charge in [0.25, 0.3) is 0 Å². The van der Waals surface area contributed by atoms with Crippen LogP contribution in [0.5, 0.6) is 0 Å². The summed E-state index contributed by atoms with van der Waals surface area (Å²) in [5.41, 5.74) is 0. The second kappa shape index (κ2) is 2.35. The van der Waals surface area contributed by atoms with Gasteiger partial charge in [-0.2, -0.15) is 0 Å². The molecule has 3 nitrogen and oxygen atoms in total. The highest BCUT2D eigenvalue weighted by Crippen LogP contribution is 2.05. The average Bonchev–Trinajstić information content (AvgIpc) is 2.10. The molecule has 0 aliphatic carbocycles. The minimum absolute atomic E-state index is 0.154. The van der Waals surface area contributed by atoms with Gasteiger partial charge in [-0.15, -0.1) is 0 Å². The molecule has 2 unspecified atom stereocenters. The Morgan fingerprint density at radius 3 is 2.67 bits per heavy atom. The highest BCUT2D eigenvalue weighted by atomic mass is 16.2. The lowest BCUT2D eigenvalue weighted by Crippen LogP contribution is -2.36. The van der Waals surface area contributed by atoms with E-state index in [2.05, 4.69) is 10.6 Å². The maximum atomic E-state index is 10.7. The molecule has 1 amide bonds. The fourth-order valence-electron chi connectivity index (χ4n) is 1.14. The number of hydrogen-bond acceptors (Lipinski definition) is 2. The van der Waals surface area contributed by atoms with Gasteiger partial charge in [0.05, 0.1) is 0 Å². The highest BCUT2D eigenvalue weighted by Gasteiger charge is 2.26. The molecule has 9 heavy (non-hydrogen) atoms. The third kappa shape index (κ3) is 1.21. The first kappa shape index (κ1) is 6.55. The number of amides is 1. The van der Waals surface area contributed by atoms with Crippen LogP contribution in [-0.4, -0.2) is 25.0 Å². The summed E-state index contributed by atoms with van der Waals surface area (Å²) in [4.78, 5) is 10.7. The molecule has 0 radical (unpaired) electrons. The summed E-state index contributed by atoms with van der Waals surface area (Å²) < 4.78 is 0. The van der Waals surface area contributed by atoms with Gasteiger partial charge in [-0.3, -0.25) is 4.79 Å². The normalized spacial score (nSPS) is 34.7. The van der Waals surface area contributed by atoms with Crippen molar-refractivity contribution in [1.29, 1.82) is 0 Å². The van der Waals surface area contributed by atoms with Gasteiger partial charge in [-0.1, -0.05) is 0 Å². The zero-order chi connectivity index (χ0) is 6.85. The number of nitrogens with one attached hydrogen (secondary N) is 2. The van der Waals surface area contributed by atoms with Crippen LogP contribution in [0.4, 0.5) is 0 Å². The van der Waals surface area contributed by atoms with Crippen LogP contribution in [0.15, 0.2) is 0 Å². The lowest BCUT2D eigenvalue weighted by atomic mass is 10.1. The Bertz CT molecular complexity index is 124. The van der Waals surface area contributed by atoms with Crippen molar-refractivity contribution in [2.24, 2.45) is 0 Å². The molecule has 1 saturated heterocycles. The van der Waals surface area contributed by atoms with Gasteiger partial charge in [0.2, 0.25) is 5.91 Å². The lowest BCUT2D eigenvalue weighted by molar-refractivity contribution is -0.119. The molecule has 0 aromatic heterocycles. The molecule has 0 aromatic rings. The van der Waals surface area contributed by atoms with E-state index < -0.39 is 0 Å². The van der Waals surface area contributed by atoms with E-state index >= 15 is 0 Å². The summed E-state index contributed by atoms with van der Waals surface area (Å²) in [6, 6.07) is 0.625. The molecule has 1 aliphatic heterocycles. The monoisotopic (exact) mass is 128 g/mol.